The van der Waals surface area contributed by atoms with Crippen LogP contribution >= 0.6 is 19.5 Å². The van der Waals surface area contributed by atoms with Gasteiger partial charge >= 0.3 is 13.6 Å². The first-order valence-electron chi connectivity index (χ1n) is 9.68. The fourth-order valence-electron chi connectivity index (χ4n) is 3.31. The Kier molecular flexibility index (Phi) is 6.70. The van der Waals surface area contributed by atoms with Crippen molar-refractivity contribution in [3.05, 3.63) is 59.7 Å². The van der Waals surface area contributed by atoms with Crippen LogP contribution in [0.4, 0.5) is 4.79 Å². The third-order valence-corrected chi connectivity index (χ3v) is 8.81. The van der Waals surface area contributed by atoms with Gasteiger partial charge in [0.15, 0.2) is 0 Å². The van der Waals surface area contributed by atoms with Crippen LogP contribution in [0.1, 0.15) is 37.3 Å². The van der Waals surface area contributed by atoms with Crippen LogP contribution in [0, 0.1) is 0 Å². The van der Waals surface area contributed by atoms with Crippen molar-refractivity contribution in [3.8, 4) is 11.5 Å². The van der Waals surface area contributed by atoms with E-state index in [1.54, 1.807) is 26.1 Å². The first kappa shape index (κ1) is 22.5. The van der Waals surface area contributed by atoms with Crippen LogP contribution in [-0.4, -0.2) is 34.1 Å². The van der Waals surface area contributed by atoms with Gasteiger partial charge < -0.3 is 19.7 Å². The molecule has 162 valence electrons. The minimum atomic E-state index is -3.25. The van der Waals surface area contributed by atoms with Gasteiger partial charge in [0.2, 0.25) is 0 Å². The molecule has 0 fully saturated rings. The zero-order valence-corrected chi connectivity index (χ0v) is 19.2. The number of hydrogen-bond acceptors (Lipinski definition) is 5. The van der Waals surface area contributed by atoms with E-state index in [9.17, 15) is 14.5 Å². The SMILES string of the molecule is CCP(=O)(Oc1ccccc1)N(C)SC(NC(=O)O)c1cccc2c1OC(C)(C)C2. The van der Waals surface area contributed by atoms with Gasteiger partial charge in [0, 0.05) is 25.2 Å². The summed E-state index contributed by atoms with van der Waals surface area (Å²) in [5.41, 5.74) is 1.36. The van der Waals surface area contributed by atoms with E-state index in [4.69, 9.17) is 9.26 Å². The van der Waals surface area contributed by atoms with Crippen molar-refractivity contribution in [1.82, 2.24) is 9.39 Å². The highest BCUT2D eigenvalue weighted by Gasteiger charge is 2.37. The lowest BCUT2D eigenvalue weighted by atomic mass is 10.0. The predicted molar refractivity (Wildman–Crippen MR) is 119 cm³/mol. The predicted octanol–water partition coefficient (Wildman–Crippen LogP) is 5.54. The molecule has 1 aliphatic heterocycles. The van der Waals surface area contributed by atoms with Crippen molar-refractivity contribution in [2.45, 2.75) is 38.2 Å². The number of carbonyl (C=O) groups is 1. The van der Waals surface area contributed by atoms with Crippen LogP contribution in [0.15, 0.2) is 48.5 Å². The molecule has 0 saturated heterocycles. The van der Waals surface area contributed by atoms with Crippen molar-refractivity contribution < 1.29 is 23.7 Å². The Hall–Kier alpha value is -2.15. The minimum Gasteiger partial charge on any atom is -0.487 e. The smallest absolute Gasteiger partial charge is 0.405 e. The van der Waals surface area contributed by atoms with E-state index in [2.05, 4.69) is 5.32 Å². The molecule has 1 amide bonds. The van der Waals surface area contributed by atoms with Crippen LogP contribution in [0.5, 0.6) is 11.5 Å². The van der Waals surface area contributed by atoms with E-state index < -0.39 is 19.0 Å². The van der Waals surface area contributed by atoms with E-state index in [-0.39, 0.29) is 11.8 Å². The largest absolute Gasteiger partial charge is 0.487 e. The molecule has 0 radical (unpaired) electrons. The third-order valence-electron chi connectivity index (χ3n) is 4.74. The van der Waals surface area contributed by atoms with Crippen molar-refractivity contribution in [2.75, 3.05) is 13.2 Å². The number of fused-ring (bicyclic) bond motifs is 1. The van der Waals surface area contributed by atoms with E-state index >= 15 is 0 Å². The van der Waals surface area contributed by atoms with Gasteiger partial charge in [-0.05, 0) is 43.5 Å². The fraction of sp³-hybridized carbons (Fsp3) is 0.381. The normalized spacial score (nSPS) is 17.5. The Morgan fingerprint density at radius 1 is 1.30 bits per heavy atom. The van der Waals surface area contributed by atoms with Gasteiger partial charge in [-0.25, -0.2) is 4.79 Å². The second-order valence-electron chi connectivity index (χ2n) is 7.63. The third kappa shape index (κ3) is 5.12. The van der Waals surface area contributed by atoms with Gasteiger partial charge in [0.25, 0.3) is 0 Å². The number of hydrogen-bond donors (Lipinski definition) is 2. The van der Waals surface area contributed by atoms with Crippen LogP contribution < -0.4 is 14.6 Å². The molecule has 30 heavy (non-hydrogen) atoms. The van der Waals surface area contributed by atoms with Gasteiger partial charge in [0.05, 0.1) is 0 Å². The molecule has 2 aromatic carbocycles. The molecule has 3 rings (SSSR count). The van der Waals surface area contributed by atoms with Crippen molar-refractivity contribution in [2.24, 2.45) is 0 Å². The first-order chi connectivity index (χ1) is 14.1. The number of benzene rings is 2. The molecule has 0 saturated carbocycles. The summed E-state index contributed by atoms with van der Waals surface area (Å²) in [5.74, 6) is 1.18. The quantitative estimate of drug-likeness (QED) is 0.310. The summed E-state index contributed by atoms with van der Waals surface area (Å²) in [7, 11) is -1.60. The maximum Gasteiger partial charge on any atom is 0.405 e. The van der Waals surface area contributed by atoms with Crippen LogP contribution in [0.3, 0.4) is 0 Å². The van der Waals surface area contributed by atoms with E-state index in [0.29, 0.717) is 17.1 Å². The van der Waals surface area contributed by atoms with E-state index in [1.165, 1.54) is 4.08 Å². The highest BCUT2D eigenvalue weighted by atomic mass is 32.2. The van der Waals surface area contributed by atoms with Gasteiger partial charge in [-0.15, -0.1) is 0 Å². The van der Waals surface area contributed by atoms with Gasteiger partial charge in [-0.2, -0.15) is 4.08 Å². The van der Waals surface area contributed by atoms with Gasteiger partial charge in [-0.3, -0.25) is 4.57 Å². The molecule has 7 nitrogen and oxygen atoms in total. The highest BCUT2D eigenvalue weighted by Crippen LogP contribution is 2.56. The van der Waals surface area contributed by atoms with Gasteiger partial charge in [-0.1, -0.05) is 43.3 Å². The molecule has 2 atom stereocenters. The molecular formula is C21H27N2O5PS. The number of rotatable bonds is 8. The minimum absolute atomic E-state index is 0.265. The van der Waals surface area contributed by atoms with Crippen molar-refractivity contribution >= 4 is 25.6 Å². The average Bonchev–Trinajstić information content (AvgIpc) is 3.01. The Balaban J connectivity index is 1.88. The van der Waals surface area contributed by atoms with Crippen molar-refractivity contribution in [1.29, 1.82) is 0 Å². The van der Waals surface area contributed by atoms with Crippen molar-refractivity contribution in [3.63, 3.8) is 0 Å². The first-order valence-corrected chi connectivity index (χ1v) is 12.3. The Morgan fingerprint density at radius 3 is 2.63 bits per heavy atom. The lowest BCUT2D eigenvalue weighted by molar-refractivity contribution is 0.137. The zero-order chi connectivity index (χ0) is 21.9. The van der Waals surface area contributed by atoms with Crippen LogP contribution in [0.2, 0.25) is 0 Å². The Labute approximate surface area is 181 Å². The summed E-state index contributed by atoms with van der Waals surface area (Å²) in [6, 6.07) is 14.7. The monoisotopic (exact) mass is 450 g/mol. The molecule has 1 aliphatic rings. The molecule has 0 aromatic heterocycles. The maximum absolute atomic E-state index is 13.5. The topological polar surface area (TPSA) is 88.1 Å². The molecule has 2 N–H and O–H groups in total. The number of nitrogens with one attached hydrogen (secondary N) is 1. The van der Waals surface area contributed by atoms with Crippen LogP contribution in [-0.2, 0) is 11.0 Å². The second-order valence-corrected chi connectivity index (χ2v) is 11.8. The second kappa shape index (κ2) is 8.92. The lowest BCUT2D eigenvalue weighted by Gasteiger charge is -2.30. The molecule has 1 heterocycles. The summed E-state index contributed by atoms with van der Waals surface area (Å²) >= 11 is 1.12. The summed E-state index contributed by atoms with van der Waals surface area (Å²) in [6.07, 6.45) is -0.172. The van der Waals surface area contributed by atoms with Gasteiger partial charge in [0.1, 0.15) is 22.5 Å². The van der Waals surface area contributed by atoms with Crippen LogP contribution in [0.25, 0.3) is 0 Å². The molecule has 0 spiro atoms. The molecule has 9 heteroatoms. The Bertz CT molecular complexity index is 954. The number of nitrogens with zero attached hydrogens (tertiary/aromatic N) is 1. The standard InChI is InChI=1S/C21H27N2O5PS/c1-5-29(26,28-16-11-7-6-8-12-16)23(4)30-19(22-20(24)25)17-13-9-10-15-14-21(2,3)27-18(15)17/h6-13,19,22H,5,14H2,1-4H3,(H,24,25). The molecule has 0 bridgehead atoms. The molecular weight excluding hydrogens is 423 g/mol. The summed E-state index contributed by atoms with van der Waals surface area (Å²) in [5, 5.41) is 11.2. The van der Waals surface area contributed by atoms with E-state index in [1.807, 2.05) is 50.2 Å². The average molecular weight is 450 g/mol. The van der Waals surface area contributed by atoms with E-state index in [0.717, 1.165) is 23.9 Å². The zero-order valence-electron chi connectivity index (χ0n) is 17.5. The number of carboxylic acid groups (broad SMARTS) is 1. The lowest BCUT2D eigenvalue weighted by Crippen LogP contribution is -2.29. The summed E-state index contributed by atoms with van der Waals surface area (Å²) in [6.45, 7) is 5.77. The fourth-order valence-corrected chi connectivity index (χ4v) is 6.47. The number of ether oxygens (including phenoxy) is 1. The number of amides is 1. The molecule has 2 aromatic rings. The summed E-state index contributed by atoms with van der Waals surface area (Å²) < 4.78 is 27.0. The number of para-hydroxylation sites is 2. The Morgan fingerprint density at radius 2 is 2.00 bits per heavy atom. The highest BCUT2D eigenvalue weighted by molar-refractivity contribution is 8.01. The summed E-state index contributed by atoms with van der Waals surface area (Å²) in [4.78, 5) is 11.5. The molecule has 0 aliphatic carbocycles. The molecule has 2 unspecified atom stereocenters. The maximum atomic E-state index is 13.5.